The van der Waals surface area contributed by atoms with Gasteiger partial charge in [-0.3, -0.25) is 4.79 Å². The van der Waals surface area contributed by atoms with E-state index in [1.165, 1.54) is 6.26 Å². The van der Waals surface area contributed by atoms with Crippen molar-refractivity contribution in [3.63, 3.8) is 0 Å². The van der Waals surface area contributed by atoms with Crippen molar-refractivity contribution in [2.24, 2.45) is 5.73 Å². The third kappa shape index (κ3) is 1.80. The second-order valence-corrected chi connectivity index (χ2v) is 3.20. The first kappa shape index (κ1) is 9.99. The van der Waals surface area contributed by atoms with Gasteiger partial charge < -0.3 is 10.5 Å². The van der Waals surface area contributed by atoms with Gasteiger partial charge in [0.2, 0.25) is 0 Å². The van der Waals surface area contributed by atoms with Crippen molar-refractivity contribution in [1.82, 2.24) is 0 Å². The van der Waals surface area contributed by atoms with Crippen LogP contribution in [-0.4, -0.2) is 17.4 Å². The first-order valence-corrected chi connectivity index (χ1v) is 4.44. The summed E-state index contributed by atoms with van der Waals surface area (Å²) < 4.78 is 5.34. The Morgan fingerprint density at radius 2 is 2.31 bits per heavy atom. The topological polar surface area (TPSA) is 52.3 Å². The highest BCUT2D eigenvalue weighted by Gasteiger charge is 2.37. The first-order chi connectivity index (χ1) is 6.12. The van der Waals surface area contributed by atoms with Crippen LogP contribution in [0.3, 0.4) is 0 Å². The predicted molar refractivity (Wildman–Crippen MR) is 51.0 cm³/mol. The van der Waals surface area contributed by atoms with E-state index in [0.29, 0.717) is 6.42 Å². The van der Waals surface area contributed by atoms with Gasteiger partial charge >= 0.3 is 0 Å². The monoisotopic (exact) mass is 181 g/mol. The molecule has 1 rings (SSSR count). The Bertz CT molecular complexity index is 256. The molecule has 1 aliphatic heterocycles. The zero-order valence-corrected chi connectivity index (χ0v) is 7.99. The molecule has 2 N–H and O–H groups in total. The van der Waals surface area contributed by atoms with Crippen molar-refractivity contribution in [2.45, 2.75) is 31.9 Å². The number of rotatable bonds is 3. The first-order valence-electron chi connectivity index (χ1n) is 4.44. The van der Waals surface area contributed by atoms with E-state index in [9.17, 15) is 4.79 Å². The zero-order valence-electron chi connectivity index (χ0n) is 7.99. The molecule has 3 heteroatoms. The van der Waals surface area contributed by atoms with Gasteiger partial charge in [0.25, 0.3) is 0 Å². The Morgan fingerprint density at radius 1 is 1.62 bits per heavy atom. The average molecular weight is 181 g/mol. The van der Waals surface area contributed by atoms with Crippen LogP contribution in [0.25, 0.3) is 0 Å². The molecule has 3 nitrogen and oxygen atoms in total. The minimum Gasteiger partial charge on any atom is -0.483 e. The van der Waals surface area contributed by atoms with Crippen molar-refractivity contribution in [1.29, 1.82) is 0 Å². The van der Waals surface area contributed by atoms with E-state index in [2.05, 4.69) is 0 Å². The van der Waals surface area contributed by atoms with Crippen molar-refractivity contribution in [3.8, 4) is 0 Å². The Kier molecular flexibility index (Phi) is 2.88. The fourth-order valence-electron chi connectivity index (χ4n) is 1.36. The molecule has 0 bridgehead atoms. The van der Waals surface area contributed by atoms with Gasteiger partial charge in [-0.1, -0.05) is 13.0 Å². The number of allylic oxidation sites excluding steroid dienone is 2. The van der Waals surface area contributed by atoms with E-state index in [0.717, 1.165) is 0 Å². The molecule has 0 fully saturated rings. The van der Waals surface area contributed by atoms with Crippen LogP contribution in [0.1, 0.15) is 20.3 Å². The summed E-state index contributed by atoms with van der Waals surface area (Å²) in [4.78, 5) is 11.7. The fraction of sp³-hybridized carbons (Fsp3) is 0.500. The SMILES string of the molecule is CCC1(C(=O)C(C)N)C=CC=CO1. The smallest absolute Gasteiger partial charge is 0.196 e. The van der Waals surface area contributed by atoms with Gasteiger partial charge in [-0.05, 0) is 25.5 Å². The van der Waals surface area contributed by atoms with Gasteiger partial charge in [-0.2, -0.15) is 0 Å². The summed E-state index contributed by atoms with van der Waals surface area (Å²) in [6.07, 6.45) is 7.46. The van der Waals surface area contributed by atoms with E-state index >= 15 is 0 Å². The lowest BCUT2D eigenvalue weighted by Gasteiger charge is -2.30. The lowest BCUT2D eigenvalue weighted by Crippen LogP contribution is -2.47. The highest BCUT2D eigenvalue weighted by molar-refractivity contribution is 5.93. The molecule has 0 aromatic heterocycles. The summed E-state index contributed by atoms with van der Waals surface area (Å²) in [6, 6.07) is -0.490. The normalized spacial score (nSPS) is 28.2. The molecular formula is C10H15NO2. The number of hydrogen-bond donors (Lipinski definition) is 1. The number of carbonyl (C=O) groups excluding carboxylic acids is 1. The van der Waals surface area contributed by atoms with Crippen LogP contribution < -0.4 is 5.73 Å². The van der Waals surface area contributed by atoms with Crippen molar-refractivity contribution < 1.29 is 9.53 Å². The molecule has 0 radical (unpaired) electrons. The van der Waals surface area contributed by atoms with Crippen molar-refractivity contribution in [2.75, 3.05) is 0 Å². The van der Waals surface area contributed by atoms with Crippen LogP contribution in [-0.2, 0) is 9.53 Å². The molecule has 0 aromatic rings. The molecule has 0 aliphatic carbocycles. The number of hydrogen-bond acceptors (Lipinski definition) is 3. The summed E-state index contributed by atoms with van der Waals surface area (Å²) in [5.74, 6) is -0.0735. The second-order valence-electron chi connectivity index (χ2n) is 3.20. The molecule has 1 aliphatic rings. The molecule has 13 heavy (non-hydrogen) atoms. The maximum absolute atomic E-state index is 11.7. The lowest BCUT2D eigenvalue weighted by molar-refractivity contribution is -0.135. The van der Waals surface area contributed by atoms with E-state index in [-0.39, 0.29) is 5.78 Å². The predicted octanol–water partition coefficient (Wildman–Crippen LogP) is 1.15. The number of Topliss-reactive ketones (excluding diaryl/α,β-unsaturated/α-hetero) is 1. The van der Waals surface area contributed by atoms with Gasteiger partial charge in [-0.25, -0.2) is 0 Å². The molecule has 0 aromatic carbocycles. The molecular weight excluding hydrogens is 166 g/mol. The summed E-state index contributed by atoms with van der Waals surface area (Å²) >= 11 is 0. The quantitative estimate of drug-likeness (QED) is 0.710. The number of ketones is 1. The maximum atomic E-state index is 11.7. The second kappa shape index (κ2) is 3.75. The molecule has 2 atom stereocenters. The van der Waals surface area contributed by atoms with Gasteiger partial charge in [-0.15, -0.1) is 0 Å². The molecule has 1 heterocycles. The zero-order chi connectivity index (χ0) is 9.90. The number of nitrogens with two attached hydrogens (primary N) is 1. The van der Waals surface area contributed by atoms with Crippen LogP contribution >= 0.6 is 0 Å². The van der Waals surface area contributed by atoms with Crippen LogP contribution in [0, 0.1) is 0 Å². The fourth-order valence-corrected chi connectivity index (χ4v) is 1.36. The third-order valence-corrected chi connectivity index (χ3v) is 2.19. The number of ether oxygens (including phenoxy) is 1. The molecule has 72 valence electrons. The van der Waals surface area contributed by atoms with Crippen LogP contribution in [0.5, 0.6) is 0 Å². The van der Waals surface area contributed by atoms with E-state index in [1.54, 1.807) is 19.1 Å². The van der Waals surface area contributed by atoms with Gasteiger partial charge in [0.05, 0.1) is 12.3 Å². The molecule has 2 unspecified atom stereocenters. The minimum absolute atomic E-state index is 0.0735. The highest BCUT2D eigenvalue weighted by Crippen LogP contribution is 2.23. The Hall–Kier alpha value is -1.09. The van der Waals surface area contributed by atoms with E-state index in [4.69, 9.17) is 10.5 Å². The third-order valence-electron chi connectivity index (χ3n) is 2.19. The Balaban J connectivity index is 2.88. The maximum Gasteiger partial charge on any atom is 0.196 e. The van der Waals surface area contributed by atoms with Gasteiger partial charge in [0.1, 0.15) is 0 Å². The summed E-state index contributed by atoms with van der Waals surface area (Å²) in [7, 11) is 0. The van der Waals surface area contributed by atoms with Crippen LogP contribution in [0.15, 0.2) is 24.5 Å². The van der Waals surface area contributed by atoms with Crippen LogP contribution in [0.2, 0.25) is 0 Å². The van der Waals surface area contributed by atoms with E-state index < -0.39 is 11.6 Å². The van der Waals surface area contributed by atoms with Crippen LogP contribution in [0.4, 0.5) is 0 Å². The largest absolute Gasteiger partial charge is 0.483 e. The minimum atomic E-state index is -0.830. The number of carbonyl (C=O) groups is 1. The van der Waals surface area contributed by atoms with Gasteiger partial charge in [0, 0.05) is 0 Å². The molecule has 0 saturated heterocycles. The van der Waals surface area contributed by atoms with E-state index in [1.807, 2.05) is 13.0 Å². The summed E-state index contributed by atoms with van der Waals surface area (Å²) in [6.45, 7) is 3.58. The molecule has 0 saturated carbocycles. The summed E-state index contributed by atoms with van der Waals surface area (Å²) in [5.41, 5.74) is 4.71. The van der Waals surface area contributed by atoms with Gasteiger partial charge in [0.15, 0.2) is 11.4 Å². The van der Waals surface area contributed by atoms with Crippen molar-refractivity contribution >= 4 is 5.78 Å². The van der Waals surface area contributed by atoms with Crippen molar-refractivity contribution in [3.05, 3.63) is 24.5 Å². The molecule has 0 amide bonds. The highest BCUT2D eigenvalue weighted by atomic mass is 16.5. The lowest BCUT2D eigenvalue weighted by atomic mass is 9.90. The standard InChI is InChI=1S/C10H15NO2/c1-3-10(9(12)8(2)11)6-4-5-7-13-10/h4-8H,3,11H2,1-2H3. The Labute approximate surface area is 78.3 Å². The molecule has 0 spiro atoms. The Morgan fingerprint density at radius 3 is 2.69 bits per heavy atom. The summed E-state index contributed by atoms with van der Waals surface area (Å²) in [5, 5.41) is 0. The average Bonchev–Trinajstić information content (AvgIpc) is 2.17.